The average molecular weight is 376 g/mol. The van der Waals surface area contributed by atoms with Gasteiger partial charge in [0, 0.05) is 5.92 Å². The molecule has 1 aromatic carbocycles. The topological polar surface area (TPSA) is 71.1 Å². The number of carbonyl (C=O) groups is 2. The summed E-state index contributed by atoms with van der Waals surface area (Å²) in [5.74, 6) is -0.161. The molecule has 3 rings (SSSR count). The fourth-order valence-corrected chi connectivity index (χ4v) is 3.73. The van der Waals surface area contributed by atoms with E-state index in [2.05, 4.69) is 22.2 Å². The molecule has 1 aliphatic rings. The first-order chi connectivity index (χ1) is 11.9. The van der Waals surface area contributed by atoms with Crippen LogP contribution in [0.2, 0.25) is 5.02 Å². The minimum atomic E-state index is -0.290. The van der Waals surface area contributed by atoms with Crippen LogP contribution in [0.25, 0.3) is 0 Å². The van der Waals surface area contributed by atoms with Gasteiger partial charge in [-0.25, -0.2) is 4.98 Å². The molecule has 130 valence electrons. The van der Waals surface area contributed by atoms with Gasteiger partial charge in [0.1, 0.15) is 4.88 Å². The summed E-state index contributed by atoms with van der Waals surface area (Å²) in [6.45, 7) is 7.31. The van der Waals surface area contributed by atoms with Crippen molar-refractivity contribution in [1.82, 2.24) is 4.98 Å². The van der Waals surface area contributed by atoms with E-state index in [1.54, 1.807) is 19.1 Å². The van der Waals surface area contributed by atoms with Gasteiger partial charge in [-0.15, -0.1) is 6.58 Å². The molecule has 0 saturated heterocycles. The molecular weight excluding hydrogens is 358 g/mol. The zero-order chi connectivity index (χ0) is 18.1. The number of thiazole rings is 1. The van der Waals surface area contributed by atoms with Gasteiger partial charge >= 0.3 is 0 Å². The van der Waals surface area contributed by atoms with Crippen LogP contribution in [0, 0.1) is 25.7 Å². The standard InChI is InChI=1S/C18H18ClN3O2S/c1-4-11-8-12(11)16(23)22-18-20-10(3)15(25-18)17(24)21-14-9(2)6-5-7-13(14)19/h4-7,11-12H,1,8H2,2-3H3,(H,21,24)(H,20,22,23)/t11-,12?/m0/s1. The summed E-state index contributed by atoms with van der Waals surface area (Å²) in [7, 11) is 0. The lowest BCUT2D eigenvalue weighted by molar-refractivity contribution is -0.117. The van der Waals surface area contributed by atoms with Gasteiger partial charge in [-0.05, 0) is 37.8 Å². The minimum absolute atomic E-state index is 0.0373. The smallest absolute Gasteiger partial charge is 0.267 e. The molecule has 2 amide bonds. The lowest BCUT2D eigenvalue weighted by Gasteiger charge is -2.09. The molecule has 1 saturated carbocycles. The van der Waals surface area contributed by atoms with Crippen molar-refractivity contribution in [3.63, 3.8) is 0 Å². The Morgan fingerprint density at radius 1 is 1.36 bits per heavy atom. The number of anilines is 2. The Hall–Kier alpha value is -2.18. The second-order valence-electron chi connectivity index (χ2n) is 6.05. The predicted octanol–water partition coefficient (Wildman–Crippen LogP) is 4.43. The van der Waals surface area contributed by atoms with E-state index in [4.69, 9.17) is 11.6 Å². The maximum atomic E-state index is 12.6. The van der Waals surface area contributed by atoms with Crippen molar-refractivity contribution >= 4 is 45.6 Å². The van der Waals surface area contributed by atoms with Crippen molar-refractivity contribution in [2.24, 2.45) is 11.8 Å². The third-order valence-electron chi connectivity index (χ3n) is 4.17. The molecule has 25 heavy (non-hydrogen) atoms. The van der Waals surface area contributed by atoms with Gasteiger partial charge in [0.15, 0.2) is 5.13 Å². The molecule has 0 radical (unpaired) electrons. The lowest BCUT2D eigenvalue weighted by Crippen LogP contribution is -2.14. The molecular formula is C18H18ClN3O2S. The summed E-state index contributed by atoms with van der Waals surface area (Å²) >= 11 is 7.31. The van der Waals surface area contributed by atoms with Crippen LogP contribution < -0.4 is 10.6 Å². The van der Waals surface area contributed by atoms with Crippen LogP contribution in [0.4, 0.5) is 10.8 Å². The second-order valence-corrected chi connectivity index (χ2v) is 7.46. The minimum Gasteiger partial charge on any atom is -0.320 e. The molecule has 2 aromatic rings. The maximum absolute atomic E-state index is 12.6. The van der Waals surface area contributed by atoms with Crippen LogP contribution in [0.1, 0.15) is 27.3 Å². The van der Waals surface area contributed by atoms with Crippen LogP contribution in [0.5, 0.6) is 0 Å². The van der Waals surface area contributed by atoms with Gasteiger partial charge in [0.05, 0.1) is 16.4 Å². The number of hydrogen-bond donors (Lipinski definition) is 2. The molecule has 2 atom stereocenters. The van der Waals surface area contributed by atoms with Crippen molar-refractivity contribution in [2.75, 3.05) is 10.6 Å². The van der Waals surface area contributed by atoms with Gasteiger partial charge in [-0.2, -0.15) is 0 Å². The van der Waals surface area contributed by atoms with E-state index in [9.17, 15) is 9.59 Å². The molecule has 0 aliphatic heterocycles. The Bertz CT molecular complexity index is 842. The summed E-state index contributed by atoms with van der Waals surface area (Å²) < 4.78 is 0. The number of aryl methyl sites for hydroxylation is 2. The van der Waals surface area contributed by atoms with Gasteiger partial charge < -0.3 is 10.6 Å². The lowest BCUT2D eigenvalue weighted by atomic mass is 10.2. The summed E-state index contributed by atoms with van der Waals surface area (Å²) in [5, 5.41) is 6.52. The quantitative estimate of drug-likeness (QED) is 0.759. The molecule has 1 unspecified atom stereocenters. The second kappa shape index (κ2) is 6.98. The third kappa shape index (κ3) is 3.75. The summed E-state index contributed by atoms with van der Waals surface area (Å²) in [6.07, 6.45) is 2.61. The molecule has 1 heterocycles. The number of allylic oxidation sites excluding steroid dienone is 1. The zero-order valence-electron chi connectivity index (χ0n) is 13.9. The Morgan fingerprint density at radius 3 is 2.76 bits per heavy atom. The number of nitrogens with zero attached hydrogens (tertiary/aromatic N) is 1. The summed E-state index contributed by atoms with van der Waals surface area (Å²) in [5.41, 5.74) is 2.03. The Morgan fingerprint density at radius 2 is 2.12 bits per heavy atom. The number of para-hydroxylation sites is 1. The van der Waals surface area contributed by atoms with Crippen LogP contribution >= 0.6 is 22.9 Å². The van der Waals surface area contributed by atoms with Crippen LogP contribution in [0.3, 0.4) is 0 Å². The third-order valence-corrected chi connectivity index (χ3v) is 5.56. The highest BCUT2D eigenvalue weighted by molar-refractivity contribution is 7.17. The van der Waals surface area contributed by atoms with Crippen molar-refractivity contribution < 1.29 is 9.59 Å². The average Bonchev–Trinajstić information content (AvgIpc) is 3.27. The zero-order valence-corrected chi connectivity index (χ0v) is 15.5. The fraction of sp³-hybridized carbons (Fsp3) is 0.278. The molecule has 7 heteroatoms. The van der Waals surface area contributed by atoms with E-state index < -0.39 is 0 Å². The normalized spacial score (nSPS) is 18.5. The number of carbonyl (C=O) groups excluding carboxylic acids is 2. The number of hydrogen-bond acceptors (Lipinski definition) is 4. The largest absolute Gasteiger partial charge is 0.320 e. The highest BCUT2D eigenvalue weighted by atomic mass is 35.5. The molecule has 0 bridgehead atoms. The van der Waals surface area contributed by atoms with E-state index >= 15 is 0 Å². The van der Waals surface area contributed by atoms with E-state index in [0.717, 1.165) is 23.3 Å². The first kappa shape index (κ1) is 17.6. The fourth-order valence-electron chi connectivity index (χ4n) is 2.60. The number of benzene rings is 1. The Labute approximate surface area is 155 Å². The monoisotopic (exact) mass is 375 g/mol. The molecule has 0 spiro atoms. The van der Waals surface area contributed by atoms with E-state index in [1.807, 2.05) is 19.1 Å². The van der Waals surface area contributed by atoms with Crippen molar-refractivity contribution in [1.29, 1.82) is 0 Å². The number of nitrogens with one attached hydrogen (secondary N) is 2. The Balaban J connectivity index is 1.72. The Kier molecular flexibility index (Phi) is 4.92. The van der Waals surface area contributed by atoms with Crippen molar-refractivity contribution in [2.45, 2.75) is 20.3 Å². The number of aromatic nitrogens is 1. The van der Waals surface area contributed by atoms with Gasteiger partial charge in [-0.1, -0.05) is 41.1 Å². The molecule has 1 fully saturated rings. The van der Waals surface area contributed by atoms with Crippen LogP contribution in [0.15, 0.2) is 30.9 Å². The molecule has 5 nitrogen and oxygen atoms in total. The van der Waals surface area contributed by atoms with Crippen LogP contribution in [-0.4, -0.2) is 16.8 Å². The van der Waals surface area contributed by atoms with E-state index in [-0.39, 0.29) is 23.7 Å². The van der Waals surface area contributed by atoms with Crippen LogP contribution in [-0.2, 0) is 4.79 Å². The number of amides is 2. The van der Waals surface area contributed by atoms with E-state index in [0.29, 0.717) is 26.4 Å². The molecule has 1 aromatic heterocycles. The number of rotatable bonds is 5. The number of halogens is 1. The van der Waals surface area contributed by atoms with Gasteiger partial charge in [0.2, 0.25) is 5.91 Å². The van der Waals surface area contributed by atoms with Gasteiger partial charge in [0.25, 0.3) is 5.91 Å². The maximum Gasteiger partial charge on any atom is 0.267 e. The predicted molar refractivity (Wildman–Crippen MR) is 101 cm³/mol. The van der Waals surface area contributed by atoms with Gasteiger partial charge in [-0.3, -0.25) is 9.59 Å². The summed E-state index contributed by atoms with van der Waals surface area (Å²) in [4.78, 5) is 29.4. The summed E-state index contributed by atoms with van der Waals surface area (Å²) in [6, 6.07) is 5.42. The SMILES string of the molecule is C=C[C@H]1CC1C(=O)Nc1nc(C)c(C(=O)Nc2c(C)cccc2Cl)s1. The molecule has 2 N–H and O–H groups in total. The first-order valence-electron chi connectivity index (χ1n) is 7.88. The molecule has 1 aliphatic carbocycles. The first-order valence-corrected chi connectivity index (χ1v) is 9.07. The van der Waals surface area contributed by atoms with Crippen molar-refractivity contribution in [3.8, 4) is 0 Å². The highest BCUT2D eigenvalue weighted by Gasteiger charge is 2.41. The van der Waals surface area contributed by atoms with Crippen molar-refractivity contribution in [3.05, 3.63) is 52.0 Å². The highest BCUT2D eigenvalue weighted by Crippen LogP contribution is 2.40. The van der Waals surface area contributed by atoms with E-state index in [1.165, 1.54) is 0 Å².